The van der Waals surface area contributed by atoms with Crippen LogP contribution in [0.3, 0.4) is 0 Å². The first-order valence-corrected chi connectivity index (χ1v) is 6.69. The van der Waals surface area contributed by atoms with Gasteiger partial charge in [0.25, 0.3) is 5.91 Å². The van der Waals surface area contributed by atoms with Crippen molar-refractivity contribution in [3.05, 3.63) is 40.9 Å². The molecule has 3 N–H and O–H groups in total. The molecule has 5 nitrogen and oxygen atoms in total. The number of hydrogen-bond donors (Lipinski definition) is 2. The fraction of sp³-hybridized carbons (Fsp3) is 0.231. The topological polar surface area (TPSA) is 71.2 Å². The van der Waals surface area contributed by atoms with Crippen molar-refractivity contribution in [2.45, 2.75) is 6.54 Å². The van der Waals surface area contributed by atoms with Crippen LogP contribution in [-0.2, 0) is 6.54 Å². The second-order valence-corrected chi connectivity index (χ2v) is 5.31. The molecule has 0 aliphatic rings. The summed E-state index contributed by atoms with van der Waals surface area (Å²) in [4.78, 5) is 18.0. The minimum atomic E-state index is -0.237. The third-order valence-electron chi connectivity index (χ3n) is 2.51. The number of anilines is 2. The molecule has 0 radical (unpaired) electrons. The summed E-state index contributed by atoms with van der Waals surface area (Å²) >= 11 is 1.26. The largest absolute Gasteiger partial charge is 0.375 e. The Morgan fingerprint density at radius 3 is 2.79 bits per heavy atom. The van der Waals surface area contributed by atoms with Crippen LogP contribution in [0, 0.1) is 0 Å². The van der Waals surface area contributed by atoms with E-state index in [0.29, 0.717) is 10.8 Å². The number of para-hydroxylation sites is 1. The zero-order valence-electron chi connectivity index (χ0n) is 10.9. The quantitative estimate of drug-likeness (QED) is 0.896. The molecule has 100 valence electrons. The van der Waals surface area contributed by atoms with E-state index in [-0.39, 0.29) is 5.91 Å². The van der Waals surface area contributed by atoms with Crippen LogP contribution >= 0.6 is 11.3 Å². The highest BCUT2D eigenvalue weighted by Crippen LogP contribution is 2.18. The van der Waals surface area contributed by atoms with Gasteiger partial charge in [0, 0.05) is 17.6 Å². The SMILES string of the molecule is CN(C)Cc1ccccc1NC(=O)c1csc(N)n1. The molecule has 0 bridgehead atoms. The molecule has 2 rings (SSSR count). The summed E-state index contributed by atoms with van der Waals surface area (Å²) in [5, 5.41) is 4.92. The smallest absolute Gasteiger partial charge is 0.275 e. The summed E-state index contributed by atoms with van der Waals surface area (Å²) < 4.78 is 0. The second-order valence-electron chi connectivity index (χ2n) is 4.42. The molecule has 0 unspecified atom stereocenters. The van der Waals surface area contributed by atoms with Gasteiger partial charge in [-0.3, -0.25) is 4.79 Å². The molecule has 1 heterocycles. The maximum absolute atomic E-state index is 12.0. The van der Waals surface area contributed by atoms with Gasteiger partial charge in [-0.05, 0) is 25.7 Å². The number of benzene rings is 1. The van der Waals surface area contributed by atoms with Gasteiger partial charge in [0.15, 0.2) is 5.13 Å². The minimum absolute atomic E-state index is 0.237. The van der Waals surface area contributed by atoms with E-state index in [4.69, 9.17) is 5.73 Å². The highest BCUT2D eigenvalue weighted by molar-refractivity contribution is 7.13. The molecule has 0 aliphatic heterocycles. The Kier molecular flexibility index (Phi) is 4.13. The lowest BCUT2D eigenvalue weighted by molar-refractivity contribution is 0.102. The number of nitrogens with two attached hydrogens (primary N) is 1. The van der Waals surface area contributed by atoms with Crippen LogP contribution in [0.1, 0.15) is 16.1 Å². The van der Waals surface area contributed by atoms with E-state index in [1.165, 1.54) is 11.3 Å². The molecule has 0 fully saturated rings. The fourth-order valence-corrected chi connectivity index (χ4v) is 2.24. The number of aromatic nitrogens is 1. The molecule has 0 saturated carbocycles. The van der Waals surface area contributed by atoms with Crippen LogP contribution in [0.2, 0.25) is 0 Å². The summed E-state index contributed by atoms with van der Waals surface area (Å²) in [7, 11) is 3.97. The standard InChI is InChI=1S/C13H16N4OS/c1-17(2)7-9-5-3-4-6-10(9)15-12(18)11-8-19-13(14)16-11/h3-6,8H,7H2,1-2H3,(H2,14,16)(H,15,18). The van der Waals surface area contributed by atoms with Crippen LogP contribution in [-0.4, -0.2) is 29.9 Å². The summed E-state index contributed by atoms with van der Waals surface area (Å²) in [5.74, 6) is -0.237. The monoisotopic (exact) mass is 276 g/mol. The minimum Gasteiger partial charge on any atom is -0.375 e. The first-order chi connectivity index (χ1) is 9.06. The first kappa shape index (κ1) is 13.5. The van der Waals surface area contributed by atoms with Gasteiger partial charge in [-0.2, -0.15) is 0 Å². The average Bonchev–Trinajstić information content (AvgIpc) is 2.78. The van der Waals surface area contributed by atoms with E-state index < -0.39 is 0 Å². The van der Waals surface area contributed by atoms with E-state index in [9.17, 15) is 4.79 Å². The molecule has 6 heteroatoms. The summed E-state index contributed by atoms with van der Waals surface area (Å²) in [6.07, 6.45) is 0. The van der Waals surface area contributed by atoms with Crippen molar-refractivity contribution in [1.29, 1.82) is 0 Å². The van der Waals surface area contributed by atoms with Gasteiger partial charge >= 0.3 is 0 Å². The Labute approximate surface area is 116 Å². The normalized spacial score (nSPS) is 10.7. The molecule has 0 atom stereocenters. The van der Waals surface area contributed by atoms with Gasteiger partial charge in [-0.1, -0.05) is 18.2 Å². The predicted molar refractivity (Wildman–Crippen MR) is 78.3 cm³/mol. The maximum Gasteiger partial charge on any atom is 0.275 e. The Balaban J connectivity index is 2.16. The summed E-state index contributed by atoms with van der Waals surface area (Å²) in [6.45, 7) is 0.760. The molecule has 1 amide bonds. The zero-order valence-corrected chi connectivity index (χ0v) is 11.7. The first-order valence-electron chi connectivity index (χ1n) is 5.81. The lowest BCUT2D eigenvalue weighted by atomic mass is 10.1. The van der Waals surface area contributed by atoms with Crippen LogP contribution < -0.4 is 11.1 Å². The van der Waals surface area contributed by atoms with Crippen LogP contribution in [0.5, 0.6) is 0 Å². The van der Waals surface area contributed by atoms with E-state index in [2.05, 4.69) is 10.3 Å². The van der Waals surface area contributed by atoms with Gasteiger partial charge in [0.2, 0.25) is 0 Å². The number of thiazole rings is 1. The Bertz CT molecular complexity index is 580. The van der Waals surface area contributed by atoms with E-state index in [1.54, 1.807) is 5.38 Å². The van der Waals surface area contributed by atoms with E-state index in [1.807, 2.05) is 43.3 Å². The molecule has 2 aromatic rings. The van der Waals surface area contributed by atoms with Crippen molar-refractivity contribution in [2.75, 3.05) is 25.1 Å². The van der Waals surface area contributed by atoms with Crippen LogP contribution in [0.4, 0.5) is 10.8 Å². The fourth-order valence-electron chi connectivity index (χ4n) is 1.70. The third-order valence-corrected chi connectivity index (χ3v) is 3.18. The molecule has 0 saturated heterocycles. The molecule has 19 heavy (non-hydrogen) atoms. The summed E-state index contributed by atoms with van der Waals surface area (Å²) in [5.41, 5.74) is 7.73. The summed E-state index contributed by atoms with van der Waals surface area (Å²) in [6, 6.07) is 7.72. The van der Waals surface area contributed by atoms with E-state index >= 15 is 0 Å². The number of nitrogens with one attached hydrogen (secondary N) is 1. The van der Waals surface area contributed by atoms with Gasteiger partial charge < -0.3 is 16.0 Å². The van der Waals surface area contributed by atoms with Crippen molar-refractivity contribution in [3.63, 3.8) is 0 Å². The third kappa shape index (κ3) is 3.52. The number of rotatable bonds is 4. The number of hydrogen-bond acceptors (Lipinski definition) is 5. The molecular weight excluding hydrogens is 260 g/mol. The molecular formula is C13H16N4OS. The number of nitrogen functional groups attached to an aromatic ring is 1. The van der Waals surface area contributed by atoms with Gasteiger partial charge in [-0.25, -0.2) is 4.98 Å². The van der Waals surface area contributed by atoms with Crippen molar-refractivity contribution in [3.8, 4) is 0 Å². The van der Waals surface area contributed by atoms with Crippen molar-refractivity contribution in [2.24, 2.45) is 0 Å². The average molecular weight is 276 g/mol. The Morgan fingerprint density at radius 2 is 2.16 bits per heavy atom. The number of nitrogens with zero attached hydrogens (tertiary/aromatic N) is 2. The van der Waals surface area contributed by atoms with Crippen molar-refractivity contribution < 1.29 is 4.79 Å². The van der Waals surface area contributed by atoms with Crippen LogP contribution in [0.15, 0.2) is 29.6 Å². The number of carbonyl (C=O) groups excluding carboxylic acids is 1. The van der Waals surface area contributed by atoms with Gasteiger partial charge in [-0.15, -0.1) is 11.3 Å². The van der Waals surface area contributed by atoms with Gasteiger partial charge in [0.1, 0.15) is 5.69 Å². The Hall–Kier alpha value is -1.92. The lowest BCUT2D eigenvalue weighted by Crippen LogP contribution is -2.17. The van der Waals surface area contributed by atoms with Crippen molar-refractivity contribution in [1.82, 2.24) is 9.88 Å². The van der Waals surface area contributed by atoms with Crippen molar-refractivity contribution >= 4 is 28.1 Å². The van der Waals surface area contributed by atoms with Crippen LogP contribution in [0.25, 0.3) is 0 Å². The molecule has 0 spiro atoms. The molecule has 1 aromatic carbocycles. The zero-order chi connectivity index (χ0) is 13.8. The van der Waals surface area contributed by atoms with Gasteiger partial charge in [0.05, 0.1) is 0 Å². The van der Waals surface area contributed by atoms with E-state index in [0.717, 1.165) is 17.8 Å². The predicted octanol–water partition coefficient (Wildman–Crippen LogP) is 2.04. The second kappa shape index (κ2) is 5.81. The molecule has 1 aromatic heterocycles. The molecule has 0 aliphatic carbocycles. The number of carbonyl (C=O) groups is 1. The Morgan fingerprint density at radius 1 is 1.42 bits per heavy atom. The lowest BCUT2D eigenvalue weighted by Gasteiger charge is -2.14. The highest BCUT2D eigenvalue weighted by Gasteiger charge is 2.12. The number of amides is 1. The maximum atomic E-state index is 12.0. The highest BCUT2D eigenvalue weighted by atomic mass is 32.1.